The van der Waals surface area contributed by atoms with E-state index in [1.54, 1.807) is 0 Å². The van der Waals surface area contributed by atoms with Gasteiger partial charge in [0.25, 0.3) is 0 Å². The third-order valence-electron chi connectivity index (χ3n) is 1.87. The average Bonchev–Trinajstić information content (AvgIpc) is 2.21. The van der Waals surface area contributed by atoms with E-state index >= 15 is 0 Å². The Kier molecular flexibility index (Phi) is 4.78. The predicted molar refractivity (Wildman–Crippen MR) is 62.6 cm³/mol. The molecule has 0 saturated carbocycles. The smallest absolute Gasteiger partial charge is 0.147 e. The van der Waals surface area contributed by atoms with Crippen LogP contribution in [0.4, 0.5) is 0 Å². The molecule has 0 aromatic heterocycles. The molecule has 0 aliphatic carbocycles. The minimum Gasteiger partial charge on any atom is -0.392 e. The third-order valence-corrected chi connectivity index (χ3v) is 3.51. The van der Waals surface area contributed by atoms with Gasteiger partial charge in [0.1, 0.15) is 5.78 Å². The Labute approximate surface area is 99.6 Å². The molecule has 0 radical (unpaired) electrons. The van der Waals surface area contributed by atoms with Crippen molar-refractivity contribution < 1.29 is 9.90 Å². The number of alkyl halides is 1. The maximum atomic E-state index is 11.2. The highest BCUT2D eigenvalue weighted by atomic mass is 79.9. The van der Waals surface area contributed by atoms with Gasteiger partial charge in [0.2, 0.25) is 0 Å². The van der Waals surface area contributed by atoms with Gasteiger partial charge in [0, 0.05) is 10.9 Å². The van der Waals surface area contributed by atoms with Crippen molar-refractivity contribution in [3.05, 3.63) is 33.8 Å². The zero-order valence-corrected chi connectivity index (χ0v) is 10.6. The van der Waals surface area contributed by atoms with Gasteiger partial charge in [-0.1, -0.05) is 50.1 Å². The number of rotatable bonds is 4. The normalized spacial score (nSPS) is 10.2. The zero-order valence-electron chi connectivity index (χ0n) is 7.46. The first-order valence-electron chi connectivity index (χ1n) is 4.13. The Balaban J connectivity index is 2.92. The van der Waals surface area contributed by atoms with Crippen LogP contribution in [0.15, 0.2) is 22.7 Å². The monoisotopic (exact) mass is 320 g/mol. The van der Waals surface area contributed by atoms with Crippen LogP contribution in [0.25, 0.3) is 0 Å². The van der Waals surface area contributed by atoms with Gasteiger partial charge in [-0.3, -0.25) is 4.79 Å². The second kappa shape index (κ2) is 5.63. The van der Waals surface area contributed by atoms with Crippen molar-refractivity contribution in [3.8, 4) is 0 Å². The summed E-state index contributed by atoms with van der Waals surface area (Å²) in [7, 11) is 0. The summed E-state index contributed by atoms with van der Waals surface area (Å²) in [5.41, 5.74) is 1.73. The standard InChI is InChI=1S/C10H10Br2O2/c11-5-9(14)4-7-2-1-3-8(6-13)10(7)12/h1-3,13H,4-6H2. The van der Waals surface area contributed by atoms with Crippen LogP contribution >= 0.6 is 31.9 Å². The highest BCUT2D eigenvalue weighted by molar-refractivity contribution is 9.10. The fourth-order valence-electron chi connectivity index (χ4n) is 1.15. The molecule has 0 atom stereocenters. The van der Waals surface area contributed by atoms with E-state index in [1.807, 2.05) is 18.2 Å². The summed E-state index contributed by atoms with van der Waals surface area (Å²) in [6.45, 7) is -0.0169. The lowest BCUT2D eigenvalue weighted by Crippen LogP contribution is -2.04. The minimum atomic E-state index is -0.0169. The second-order valence-corrected chi connectivity index (χ2v) is 4.25. The molecule has 0 amide bonds. The number of hydrogen-bond donors (Lipinski definition) is 1. The first-order chi connectivity index (χ1) is 6.69. The number of aliphatic hydroxyl groups excluding tert-OH is 1. The number of aliphatic hydroxyl groups is 1. The van der Waals surface area contributed by atoms with E-state index in [0.717, 1.165) is 15.6 Å². The number of halogens is 2. The predicted octanol–water partition coefficient (Wildman–Crippen LogP) is 2.45. The van der Waals surface area contributed by atoms with Gasteiger partial charge in [0.15, 0.2) is 0 Å². The lowest BCUT2D eigenvalue weighted by Gasteiger charge is -2.06. The van der Waals surface area contributed by atoms with Gasteiger partial charge in [-0.25, -0.2) is 0 Å². The molecule has 0 heterocycles. The Hall–Kier alpha value is -0.190. The van der Waals surface area contributed by atoms with Crippen molar-refractivity contribution in [2.24, 2.45) is 0 Å². The van der Waals surface area contributed by atoms with Crippen molar-refractivity contribution in [1.82, 2.24) is 0 Å². The fraction of sp³-hybridized carbons (Fsp3) is 0.300. The Morgan fingerprint density at radius 1 is 1.36 bits per heavy atom. The zero-order chi connectivity index (χ0) is 10.6. The molecule has 4 heteroatoms. The Morgan fingerprint density at radius 3 is 2.57 bits per heavy atom. The summed E-state index contributed by atoms with van der Waals surface area (Å²) < 4.78 is 0.830. The molecule has 0 saturated heterocycles. The van der Waals surface area contributed by atoms with Crippen LogP contribution in [0, 0.1) is 0 Å². The molecule has 76 valence electrons. The summed E-state index contributed by atoms with van der Waals surface area (Å²) in [4.78, 5) is 11.2. The van der Waals surface area contributed by atoms with Crippen LogP contribution in [-0.2, 0) is 17.8 Å². The van der Waals surface area contributed by atoms with Crippen molar-refractivity contribution in [1.29, 1.82) is 0 Å². The molecule has 0 bridgehead atoms. The number of Topliss-reactive ketones (excluding diaryl/α,β-unsaturated/α-hetero) is 1. The number of carbonyl (C=O) groups is 1. The highest BCUT2D eigenvalue weighted by Gasteiger charge is 2.08. The molecule has 1 N–H and O–H groups in total. The molecule has 0 unspecified atom stereocenters. The number of ketones is 1. The fourth-order valence-corrected chi connectivity index (χ4v) is 1.88. The van der Waals surface area contributed by atoms with E-state index in [-0.39, 0.29) is 12.4 Å². The maximum Gasteiger partial charge on any atom is 0.147 e. The molecular weight excluding hydrogens is 312 g/mol. The van der Waals surface area contributed by atoms with Crippen LogP contribution < -0.4 is 0 Å². The van der Waals surface area contributed by atoms with Crippen LogP contribution in [0.2, 0.25) is 0 Å². The number of carbonyl (C=O) groups excluding carboxylic acids is 1. The van der Waals surface area contributed by atoms with Crippen molar-refractivity contribution in [3.63, 3.8) is 0 Å². The summed E-state index contributed by atoms with van der Waals surface area (Å²) in [6, 6.07) is 5.54. The van der Waals surface area contributed by atoms with Gasteiger partial charge < -0.3 is 5.11 Å². The lowest BCUT2D eigenvalue weighted by molar-refractivity contribution is -0.115. The molecule has 1 aromatic carbocycles. The highest BCUT2D eigenvalue weighted by Crippen LogP contribution is 2.22. The van der Waals surface area contributed by atoms with Gasteiger partial charge in [-0.2, -0.15) is 0 Å². The topological polar surface area (TPSA) is 37.3 Å². The Morgan fingerprint density at radius 2 is 2.00 bits per heavy atom. The number of benzene rings is 1. The lowest BCUT2D eigenvalue weighted by atomic mass is 10.1. The average molecular weight is 322 g/mol. The molecule has 1 aromatic rings. The largest absolute Gasteiger partial charge is 0.392 e. The molecule has 0 fully saturated rings. The summed E-state index contributed by atoms with van der Waals surface area (Å²) >= 11 is 6.49. The molecule has 1 rings (SSSR count). The summed E-state index contributed by atoms with van der Waals surface area (Å²) in [5, 5.41) is 9.37. The van der Waals surface area contributed by atoms with Crippen LogP contribution in [-0.4, -0.2) is 16.2 Å². The molecule has 2 nitrogen and oxygen atoms in total. The van der Waals surface area contributed by atoms with Crippen molar-refractivity contribution in [2.45, 2.75) is 13.0 Å². The summed E-state index contributed by atoms with van der Waals surface area (Å²) in [6.07, 6.45) is 0.389. The van der Waals surface area contributed by atoms with Gasteiger partial charge in [-0.05, 0) is 11.1 Å². The quantitative estimate of drug-likeness (QED) is 0.865. The molecule has 0 spiro atoms. The van der Waals surface area contributed by atoms with Gasteiger partial charge in [0.05, 0.1) is 11.9 Å². The summed E-state index contributed by atoms with van der Waals surface area (Å²) in [5.74, 6) is 0.126. The third kappa shape index (κ3) is 2.90. The Bertz CT molecular complexity index is 337. The SMILES string of the molecule is O=C(CBr)Cc1cccc(CO)c1Br. The van der Waals surface area contributed by atoms with Gasteiger partial charge >= 0.3 is 0 Å². The van der Waals surface area contributed by atoms with Crippen LogP contribution in [0.3, 0.4) is 0 Å². The van der Waals surface area contributed by atoms with E-state index in [0.29, 0.717) is 11.8 Å². The van der Waals surface area contributed by atoms with E-state index in [4.69, 9.17) is 5.11 Å². The molecule has 0 aliphatic heterocycles. The number of hydrogen-bond acceptors (Lipinski definition) is 2. The molecule has 14 heavy (non-hydrogen) atoms. The first-order valence-corrected chi connectivity index (χ1v) is 6.05. The van der Waals surface area contributed by atoms with E-state index < -0.39 is 0 Å². The van der Waals surface area contributed by atoms with E-state index in [2.05, 4.69) is 31.9 Å². The first kappa shape index (κ1) is 11.9. The van der Waals surface area contributed by atoms with E-state index in [1.165, 1.54) is 0 Å². The van der Waals surface area contributed by atoms with Crippen molar-refractivity contribution >= 4 is 37.6 Å². The van der Waals surface area contributed by atoms with Crippen LogP contribution in [0.5, 0.6) is 0 Å². The van der Waals surface area contributed by atoms with E-state index in [9.17, 15) is 4.79 Å². The molecule has 0 aliphatic rings. The molecular formula is C10H10Br2O2. The maximum absolute atomic E-state index is 11.2. The van der Waals surface area contributed by atoms with Crippen molar-refractivity contribution in [2.75, 3.05) is 5.33 Å². The minimum absolute atomic E-state index is 0.0169. The van der Waals surface area contributed by atoms with Gasteiger partial charge in [-0.15, -0.1) is 0 Å². The second-order valence-electron chi connectivity index (χ2n) is 2.90. The van der Waals surface area contributed by atoms with Crippen LogP contribution in [0.1, 0.15) is 11.1 Å².